The fraction of sp³-hybridized carbons (Fsp3) is 1.00. The van der Waals surface area contributed by atoms with Crippen molar-refractivity contribution in [3.8, 4) is 0 Å². The molecule has 3 atom stereocenters. The van der Waals surface area contributed by atoms with Crippen molar-refractivity contribution >= 4 is 0 Å². The van der Waals surface area contributed by atoms with E-state index in [0.29, 0.717) is 6.54 Å². The molecular formula is C10H17N3O2. The highest BCUT2D eigenvalue weighted by Crippen LogP contribution is 2.40. The van der Waals surface area contributed by atoms with Crippen molar-refractivity contribution in [3.63, 3.8) is 0 Å². The van der Waals surface area contributed by atoms with Gasteiger partial charge in [-0.05, 0) is 31.7 Å². The summed E-state index contributed by atoms with van der Waals surface area (Å²) in [6.07, 6.45) is 4.44. The summed E-state index contributed by atoms with van der Waals surface area (Å²) >= 11 is 0. The number of nitrogens with zero attached hydrogens (tertiary/aromatic N) is 3. The van der Waals surface area contributed by atoms with Crippen LogP contribution in [0, 0.1) is 0 Å². The van der Waals surface area contributed by atoms with Crippen molar-refractivity contribution in [2.24, 2.45) is 5.11 Å². The lowest BCUT2D eigenvalue weighted by Crippen LogP contribution is -2.40. The van der Waals surface area contributed by atoms with Gasteiger partial charge in [0.25, 0.3) is 0 Å². The Kier molecular flexibility index (Phi) is 3.14. The SMILES string of the molecule is C[C@@H]1C[C@@]2(CCO1)CC[C@H](CN=[N+]=[N-])O2. The first-order valence-corrected chi connectivity index (χ1v) is 5.54. The van der Waals surface area contributed by atoms with Gasteiger partial charge in [-0.15, -0.1) is 0 Å². The summed E-state index contributed by atoms with van der Waals surface area (Å²) in [5, 5.41) is 3.58. The van der Waals surface area contributed by atoms with Gasteiger partial charge in [-0.3, -0.25) is 0 Å². The fourth-order valence-corrected chi connectivity index (χ4v) is 2.62. The Labute approximate surface area is 89.4 Å². The lowest BCUT2D eigenvalue weighted by atomic mass is 9.88. The summed E-state index contributed by atoms with van der Waals surface area (Å²) < 4.78 is 11.5. The van der Waals surface area contributed by atoms with Crippen molar-refractivity contribution in [1.29, 1.82) is 0 Å². The first kappa shape index (κ1) is 10.7. The molecule has 0 aliphatic carbocycles. The molecule has 5 nitrogen and oxygen atoms in total. The van der Waals surface area contributed by atoms with Crippen molar-refractivity contribution in [3.05, 3.63) is 10.4 Å². The first-order chi connectivity index (χ1) is 7.24. The van der Waals surface area contributed by atoms with Crippen molar-refractivity contribution in [2.45, 2.75) is 50.4 Å². The quantitative estimate of drug-likeness (QED) is 0.400. The second kappa shape index (κ2) is 4.39. The second-order valence-corrected chi connectivity index (χ2v) is 4.51. The van der Waals surface area contributed by atoms with Crippen molar-refractivity contribution in [1.82, 2.24) is 0 Å². The van der Waals surface area contributed by atoms with Crippen LogP contribution >= 0.6 is 0 Å². The van der Waals surface area contributed by atoms with E-state index >= 15 is 0 Å². The van der Waals surface area contributed by atoms with Crippen LogP contribution in [-0.4, -0.2) is 31.0 Å². The topological polar surface area (TPSA) is 67.2 Å². The molecule has 0 aromatic rings. The minimum Gasteiger partial charge on any atom is -0.378 e. The van der Waals surface area contributed by atoms with E-state index in [9.17, 15) is 0 Å². The van der Waals surface area contributed by atoms with Gasteiger partial charge in [-0.25, -0.2) is 0 Å². The number of hydrogen-bond donors (Lipinski definition) is 0. The maximum Gasteiger partial charge on any atom is 0.0733 e. The van der Waals surface area contributed by atoms with Crippen molar-refractivity contribution in [2.75, 3.05) is 13.2 Å². The average molecular weight is 211 g/mol. The zero-order valence-corrected chi connectivity index (χ0v) is 9.06. The van der Waals surface area contributed by atoms with E-state index < -0.39 is 0 Å². The van der Waals surface area contributed by atoms with Gasteiger partial charge in [0.2, 0.25) is 0 Å². The summed E-state index contributed by atoms with van der Waals surface area (Å²) in [6.45, 7) is 3.34. The number of rotatable bonds is 2. The summed E-state index contributed by atoms with van der Waals surface area (Å²) in [5.41, 5.74) is 8.26. The summed E-state index contributed by atoms with van der Waals surface area (Å²) in [6, 6.07) is 0. The zero-order valence-electron chi connectivity index (χ0n) is 9.06. The average Bonchev–Trinajstić information content (AvgIpc) is 2.58. The Bertz CT molecular complexity index is 278. The molecule has 0 unspecified atom stereocenters. The molecule has 0 radical (unpaired) electrons. The minimum atomic E-state index is 0.00725. The molecule has 15 heavy (non-hydrogen) atoms. The van der Waals surface area contributed by atoms with Crippen LogP contribution in [0.5, 0.6) is 0 Å². The maximum atomic E-state index is 8.25. The highest BCUT2D eigenvalue weighted by molar-refractivity contribution is 4.93. The molecule has 0 amide bonds. The molecule has 2 rings (SSSR count). The van der Waals surface area contributed by atoms with E-state index in [2.05, 4.69) is 16.9 Å². The Morgan fingerprint density at radius 2 is 2.40 bits per heavy atom. The molecule has 84 valence electrons. The molecule has 0 aromatic carbocycles. The third-order valence-corrected chi connectivity index (χ3v) is 3.31. The lowest BCUT2D eigenvalue weighted by molar-refractivity contribution is -0.125. The maximum absolute atomic E-state index is 8.25. The summed E-state index contributed by atoms with van der Waals surface area (Å²) in [7, 11) is 0. The Hall–Kier alpha value is -0.770. The Morgan fingerprint density at radius 1 is 1.53 bits per heavy atom. The summed E-state index contributed by atoms with van der Waals surface area (Å²) in [4.78, 5) is 2.77. The molecule has 0 saturated carbocycles. The van der Waals surface area contributed by atoms with Crippen LogP contribution in [0.15, 0.2) is 5.11 Å². The molecule has 2 aliphatic heterocycles. The molecule has 2 saturated heterocycles. The Morgan fingerprint density at radius 3 is 3.13 bits per heavy atom. The molecule has 1 spiro atoms. The normalized spacial score (nSPS) is 40.3. The van der Waals surface area contributed by atoms with E-state index in [1.165, 1.54) is 0 Å². The molecular weight excluding hydrogens is 194 g/mol. The fourth-order valence-electron chi connectivity index (χ4n) is 2.62. The minimum absolute atomic E-state index is 0.00725. The highest BCUT2D eigenvalue weighted by atomic mass is 16.5. The predicted octanol–water partition coefficient (Wildman–Crippen LogP) is 2.41. The first-order valence-electron chi connectivity index (χ1n) is 5.54. The molecule has 2 heterocycles. The van der Waals surface area contributed by atoms with Crippen LogP contribution in [0.4, 0.5) is 0 Å². The molecule has 0 aromatic heterocycles. The molecule has 0 N–H and O–H groups in total. The van der Waals surface area contributed by atoms with Crippen LogP contribution in [0.3, 0.4) is 0 Å². The van der Waals surface area contributed by atoms with Crippen LogP contribution in [0.1, 0.15) is 32.6 Å². The van der Waals surface area contributed by atoms with Gasteiger partial charge in [0.15, 0.2) is 0 Å². The Balaban J connectivity index is 1.92. The van der Waals surface area contributed by atoms with E-state index in [1.807, 2.05) is 0 Å². The number of hydrogen-bond acceptors (Lipinski definition) is 3. The van der Waals surface area contributed by atoms with Gasteiger partial charge in [-0.1, -0.05) is 5.11 Å². The summed E-state index contributed by atoms with van der Waals surface area (Å²) in [5.74, 6) is 0. The van der Waals surface area contributed by atoms with Crippen molar-refractivity contribution < 1.29 is 9.47 Å². The molecule has 0 bridgehead atoms. The zero-order chi connectivity index (χ0) is 10.7. The third kappa shape index (κ3) is 2.43. The van der Waals surface area contributed by atoms with Gasteiger partial charge >= 0.3 is 0 Å². The van der Waals surface area contributed by atoms with Gasteiger partial charge < -0.3 is 9.47 Å². The second-order valence-electron chi connectivity index (χ2n) is 4.51. The number of ether oxygens (including phenoxy) is 2. The molecule has 2 aliphatic rings. The molecule has 5 heteroatoms. The van der Waals surface area contributed by atoms with Crippen LogP contribution < -0.4 is 0 Å². The predicted molar refractivity (Wildman–Crippen MR) is 55.5 cm³/mol. The standard InChI is InChI=1S/C10H17N3O2/c1-8-6-10(4-5-14-8)3-2-9(15-10)7-12-13-11/h8-9H,2-7H2,1H3/t8-,9-,10+/m1/s1. The van der Waals surface area contributed by atoms with Gasteiger partial charge in [0.05, 0.1) is 24.4 Å². The smallest absolute Gasteiger partial charge is 0.0733 e. The van der Waals surface area contributed by atoms with E-state index in [1.54, 1.807) is 0 Å². The largest absolute Gasteiger partial charge is 0.378 e. The van der Waals surface area contributed by atoms with Gasteiger partial charge in [-0.2, -0.15) is 0 Å². The highest BCUT2D eigenvalue weighted by Gasteiger charge is 2.42. The van der Waals surface area contributed by atoms with Crippen LogP contribution in [0.25, 0.3) is 10.4 Å². The van der Waals surface area contributed by atoms with E-state index in [4.69, 9.17) is 15.0 Å². The van der Waals surface area contributed by atoms with E-state index in [-0.39, 0.29) is 17.8 Å². The molecule has 2 fully saturated rings. The number of azide groups is 1. The monoisotopic (exact) mass is 211 g/mol. The van der Waals surface area contributed by atoms with E-state index in [0.717, 1.165) is 32.3 Å². The van der Waals surface area contributed by atoms with Crippen LogP contribution in [-0.2, 0) is 9.47 Å². The van der Waals surface area contributed by atoms with Crippen LogP contribution in [0.2, 0.25) is 0 Å². The van der Waals surface area contributed by atoms with Gasteiger partial charge in [0.1, 0.15) is 0 Å². The van der Waals surface area contributed by atoms with Gasteiger partial charge in [0, 0.05) is 17.9 Å². The third-order valence-electron chi connectivity index (χ3n) is 3.31. The lowest BCUT2D eigenvalue weighted by Gasteiger charge is -2.36.